The SMILES string of the molecule is CCCCN1CCC(CNC(=O)c2n[nH]c3ccccc23)CC1. The van der Waals surface area contributed by atoms with Crippen molar-refractivity contribution in [3.63, 3.8) is 0 Å². The van der Waals surface area contributed by atoms with Crippen molar-refractivity contribution in [1.29, 1.82) is 0 Å². The lowest BCUT2D eigenvalue weighted by Crippen LogP contribution is -2.39. The normalized spacial score (nSPS) is 16.7. The molecule has 3 rings (SSSR count). The number of H-pyrrole nitrogens is 1. The minimum Gasteiger partial charge on any atom is -0.350 e. The van der Waals surface area contributed by atoms with Gasteiger partial charge in [-0.05, 0) is 50.9 Å². The number of amides is 1. The van der Waals surface area contributed by atoms with Gasteiger partial charge >= 0.3 is 0 Å². The first-order chi connectivity index (χ1) is 11.3. The fourth-order valence-corrected chi connectivity index (χ4v) is 3.25. The van der Waals surface area contributed by atoms with Crippen LogP contribution in [-0.2, 0) is 0 Å². The molecule has 5 nitrogen and oxygen atoms in total. The molecule has 0 atom stereocenters. The zero-order chi connectivity index (χ0) is 16.1. The van der Waals surface area contributed by atoms with Gasteiger partial charge < -0.3 is 10.2 Å². The maximum absolute atomic E-state index is 12.4. The van der Waals surface area contributed by atoms with Gasteiger partial charge in [0.25, 0.3) is 5.91 Å². The summed E-state index contributed by atoms with van der Waals surface area (Å²) in [4.78, 5) is 14.9. The lowest BCUT2D eigenvalue weighted by atomic mass is 9.96. The Bertz CT molecular complexity index is 643. The van der Waals surface area contributed by atoms with E-state index in [2.05, 4.69) is 27.3 Å². The van der Waals surface area contributed by atoms with Crippen LogP contribution in [0.1, 0.15) is 43.1 Å². The molecule has 0 radical (unpaired) electrons. The summed E-state index contributed by atoms with van der Waals surface area (Å²) in [5, 5.41) is 11.0. The number of benzene rings is 1. The number of rotatable bonds is 6. The zero-order valence-electron chi connectivity index (χ0n) is 13.8. The quantitative estimate of drug-likeness (QED) is 0.862. The van der Waals surface area contributed by atoms with Crippen LogP contribution >= 0.6 is 0 Å². The molecule has 1 saturated heterocycles. The van der Waals surface area contributed by atoms with Crippen LogP contribution in [0.15, 0.2) is 24.3 Å². The largest absolute Gasteiger partial charge is 0.350 e. The molecule has 1 aromatic carbocycles. The van der Waals surface area contributed by atoms with Gasteiger partial charge in [0, 0.05) is 11.9 Å². The summed E-state index contributed by atoms with van der Waals surface area (Å²) in [7, 11) is 0. The third-order valence-corrected chi connectivity index (χ3v) is 4.77. The van der Waals surface area contributed by atoms with E-state index in [1.54, 1.807) is 0 Å². The molecule has 124 valence electrons. The molecule has 0 unspecified atom stereocenters. The number of fused-ring (bicyclic) bond motifs is 1. The Hall–Kier alpha value is -1.88. The standard InChI is InChI=1S/C18H26N4O/c1-2-3-10-22-11-8-14(9-12-22)13-19-18(23)17-15-6-4-5-7-16(15)20-21-17/h4-7,14H,2-3,8-13H2,1H3,(H,19,23)(H,20,21). The molecule has 2 heterocycles. The predicted molar refractivity (Wildman–Crippen MR) is 92.5 cm³/mol. The number of hydrogen-bond acceptors (Lipinski definition) is 3. The van der Waals surface area contributed by atoms with E-state index in [1.807, 2.05) is 24.3 Å². The topological polar surface area (TPSA) is 61.0 Å². The third kappa shape index (κ3) is 3.91. The molecule has 5 heteroatoms. The zero-order valence-corrected chi connectivity index (χ0v) is 13.8. The number of hydrogen-bond donors (Lipinski definition) is 2. The second kappa shape index (κ2) is 7.59. The number of aromatic nitrogens is 2. The lowest BCUT2D eigenvalue weighted by molar-refractivity contribution is 0.0932. The first kappa shape index (κ1) is 16.0. The van der Waals surface area contributed by atoms with Crippen LogP contribution in [-0.4, -0.2) is 47.2 Å². The number of nitrogens with zero attached hydrogens (tertiary/aromatic N) is 2. The van der Waals surface area contributed by atoms with E-state index in [-0.39, 0.29) is 5.91 Å². The highest BCUT2D eigenvalue weighted by Gasteiger charge is 2.20. The Morgan fingerprint density at radius 1 is 1.35 bits per heavy atom. The number of carbonyl (C=O) groups excluding carboxylic acids is 1. The van der Waals surface area contributed by atoms with E-state index in [1.165, 1.54) is 32.2 Å². The van der Waals surface area contributed by atoms with E-state index in [0.29, 0.717) is 11.6 Å². The van der Waals surface area contributed by atoms with Crippen LogP contribution in [0.4, 0.5) is 0 Å². The van der Waals surface area contributed by atoms with Crippen molar-refractivity contribution in [3.8, 4) is 0 Å². The molecule has 1 aromatic heterocycles. The summed E-state index contributed by atoms with van der Waals surface area (Å²) < 4.78 is 0. The van der Waals surface area contributed by atoms with Crippen LogP contribution in [0.2, 0.25) is 0 Å². The van der Waals surface area contributed by atoms with Crippen LogP contribution in [0.3, 0.4) is 0 Å². The number of aromatic amines is 1. The maximum atomic E-state index is 12.4. The number of carbonyl (C=O) groups is 1. The maximum Gasteiger partial charge on any atom is 0.272 e. The van der Waals surface area contributed by atoms with Crippen LogP contribution in [0.25, 0.3) is 10.9 Å². The lowest BCUT2D eigenvalue weighted by Gasteiger charge is -2.31. The van der Waals surface area contributed by atoms with Crippen LogP contribution in [0, 0.1) is 5.92 Å². The number of unbranched alkanes of at least 4 members (excludes halogenated alkanes) is 1. The van der Waals surface area contributed by atoms with E-state index in [0.717, 1.165) is 30.5 Å². The van der Waals surface area contributed by atoms with Crippen molar-refractivity contribution in [2.75, 3.05) is 26.2 Å². The monoisotopic (exact) mass is 314 g/mol. The summed E-state index contributed by atoms with van der Waals surface area (Å²) in [5.41, 5.74) is 1.41. The fourth-order valence-electron chi connectivity index (χ4n) is 3.25. The second-order valence-electron chi connectivity index (χ2n) is 6.47. The summed E-state index contributed by atoms with van der Waals surface area (Å²) >= 11 is 0. The Balaban J connectivity index is 1.48. The minimum absolute atomic E-state index is 0.0733. The molecular formula is C18H26N4O. The second-order valence-corrected chi connectivity index (χ2v) is 6.47. The van der Waals surface area contributed by atoms with E-state index in [4.69, 9.17) is 0 Å². The average Bonchev–Trinajstić information content (AvgIpc) is 3.03. The van der Waals surface area contributed by atoms with E-state index < -0.39 is 0 Å². The van der Waals surface area contributed by atoms with Gasteiger partial charge in [-0.1, -0.05) is 31.5 Å². The average molecular weight is 314 g/mol. The minimum atomic E-state index is -0.0733. The van der Waals surface area contributed by atoms with Crippen molar-refractivity contribution in [2.45, 2.75) is 32.6 Å². The number of nitrogens with one attached hydrogen (secondary N) is 2. The van der Waals surface area contributed by atoms with Gasteiger partial charge in [-0.15, -0.1) is 0 Å². The molecule has 2 N–H and O–H groups in total. The molecule has 0 spiro atoms. The van der Waals surface area contributed by atoms with Gasteiger partial charge in [0.05, 0.1) is 5.52 Å². The highest BCUT2D eigenvalue weighted by Crippen LogP contribution is 2.18. The molecule has 1 aliphatic rings. The smallest absolute Gasteiger partial charge is 0.272 e. The molecule has 0 bridgehead atoms. The summed E-state index contributed by atoms with van der Waals surface area (Å²) in [5.74, 6) is 0.512. The van der Waals surface area contributed by atoms with E-state index >= 15 is 0 Å². The molecule has 1 fully saturated rings. The van der Waals surface area contributed by atoms with Crippen molar-refractivity contribution >= 4 is 16.8 Å². The molecule has 0 saturated carbocycles. The van der Waals surface area contributed by atoms with Gasteiger partial charge in [0.2, 0.25) is 0 Å². The number of para-hydroxylation sites is 1. The van der Waals surface area contributed by atoms with Crippen molar-refractivity contribution in [2.24, 2.45) is 5.92 Å². The van der Waals surface area contributed by atoms with E-state index in [9.17, 15) is 4.79 Å². The van der Waals surface area contributed by atoms with Gasteiger partial charge in [0.1, 0.15) is 0 Å². The van der Waals surface area contributed by atoms with Crippen LogP contribution < -0.4 is 5.32 Å². The molecule has 23 heavy (non-hydrogen) atoms. The summed E-state index contributed by atoms with van der Waals surface area (Å²) in [6.45, 7) is 6.52. The first-order valence-electron chi connectivity index (χ1n) is 8.71. The fraction of sp³-hybridized carbons (Fsp3) is 0.556. The number of likely N-dealkylation sites (tertiary alicyclic amines) is 1. The van der Waals surface area contributed by atoms with Crippen molar-refractivity contribution in [1.82, 2.24) is 20.4 Å². The van der Waals surface area contributed by atoms with Gasteiger partial charge in [-0.3, -0.25) is 9.89 Å². The Labute approximate surface area is 137 Å². The van der Waals surface area contributed by atoms with Gasteiger partial charge in [-0.2, -0.15) is 5.10 Å². The van der Waals surface area contributed by atoms with Gasteiger partial charge in [0.15, 0.2) is 5.69 Å². The number of piperidine rings is 1. The van der Waals surface area contributed by atoms with Crippen molar-refractivity contribution < 1.29 is 4.79 Å². The molecule has 1 aliphatic heterocycles. The molecular weight excluding hydrogens is 288 g/mol. The van der Waals surface area contributed by atoms with Crippen LogP contribution in [0.5, 0.6) is 0 Å². The van der Waals surface area contributed by atoms with Gasteiger partial charge in [-0.25, -0.2) is 0 Å². The highest BCUT2D eigenvalue weighted by molar-refractivity contribution is 6.04. The highest BCUT2D eigenvalue weighted by atomic mass is 16.1. The molecule has 1 amide bonds. The Morgan fingerprint density at radius 2 is 2.13 bits per heavy atom. The molecule has 0 aliphatic carbocycles. The predicted octanol–water partition coefficient (Wildman–Crippen LogP) is 2.80. The summed E-state index contributed by atoms with van der Waals surface area (Å²) in [6, 6.07) is 7.74. The Kier molecular flexibility index (Phi) is 5.28. The summed E-state index contributed by atoms with van der Waals surface area (Å²) in [6.07, 6.45) is 4.89. The van der Waals surface area contributed by atoms with Crippen molar-refractivity contribution in [3.05, 3.63) is 30.0 Å². The first-order valence-corrected chi connectivity index (χ1v) is 8.71. The Morgan fingerprint density at radius 3 is 2.91 bits per heavy atom. The molecule has 2 aromatic rings. The third-order valence-electron chi connectivity index (χ3n) is 4.77.